The van der Waals surface area contributed by atoms with Gasteiger partial charge in [0.1, 0.15) is 0 Å². The molecule has 1 aromatic carbocycles. The monoisotopic (exact) mass is 216 g/mol. The number of benzene rings is 1. The number of hydrogen-bond donors (Lipinski definition) is 0. The summed E-state index contributed by atoms with van der Waals surface area (Å²) in [7, 11) is 0. The van der Waals surface area contributed by atoms with Gasteiger partial charge in [0.15, 0.2) is 0 Å². The van der Waals surface area contributed by atoms with Crippen molar-refractivity contribution in [2.45, 2.75) is 31.6 Å². The van der Waals surface area contributed by atoms with Crippen molar-refractivity contribution in [3.63, 3.8) is 0 Å². The third kappa shape index (κ3) is 3.66. The van der Waals surface area contributed by atoms with Crippen LogP contribution in [-0.4, -0.2) is 11.7 Å². The largest absolute Gasteiger partial charge is 0.254 e. The zero-order valence-corrected chi connectivity index (χ0v) is 9.42. The van der Waals surface area contributed by atoms with Crippen LogP contribution in [0.4, 0.5) is 8.78 Å². The van der Waals surface area contributed by atoms with Crippen LogP contribution in [0.5, 0.6) is 0 Å². The normalized spacial score (nSPS) is 11.8. The van der Waals surface area contributed by atoms with Gasteiger partial charge in [0.2, 0.25) is 0 Å². The Hall–Kier alpha value is -0.570. The van der Waals surface area contributed by atoms with Gasteiger partial charge in [-0.1, -0.05) is 17.7 Å². The summed E-state index contributed by atoms with van der Waals surface area (Å²) in [6.45, 7) is 4.86. The lowest BCUT2D eigenvalue weighted by Gasteiger charge is -2.11. The molecule has 0 aliphatic rings. The average Bonchev–Trinajstić information content (AvgIpc) is 2.05. The van der Waals surface area contributed by atoms with Crippen LogP contribution in [0.2, 0.25) is 0 Å². The molecule has 0 saturated heterocycles. The van der Waals surface area contributed by atoms with Crippen LogP contribution in [-0.2, 0) is 0 Å². The smallest absolute Gasteiger partial charge is 0.206 e. The molecule has 1 aromatic rings. The predicted octanol–water partition coefficient (Wildman–Crippen LogP) is 4.05. The zero-order chi connectivity index (χ0) is 10.8. The van der Waals surface area contributed by atoms with Gasteiger partial charge in [-0.2, -0.15) is 0 Å². The predicted molar refractivity (Wildman–Crippen MR) is 57.3 cm³/mol. The molecule has 78 valence electrons. The van der Waals surface area contributed by atoms with Crippen molar-refractivity contribution < 1.29 is 8.78 Å². The van der Waals surface area contributed by atoms with Crippen LogP contribution in [0.15, 0.2) is 23.1 Å². The van der Waals surface area contributed by atoms with E-state index >= 15 is 0 Å². The molecule has 14 heavy (non-hydrogen) atoms. The minimum atomic E-state index is -2.60. The molecule has 0 spiro atoms. The maximum atomic E-state index is 12.6. The maximum absolute atomic E-state index is 12.6. The van der Waals surface area contributed by atoms with Gasteiger partial charge in [-0.05, 0) is 25.5 Å². The van der Waals surface area contributed by atoms with Crippen molar-refractivity contribution in [3.05, 3.63) is 29.3 Å². The third-order valence-electron chi connectivity index (χ3n) is 1.82. The summed E-state index contributed by atoms with van der Waals surface area (Å²) in [6.07, 6.45) is 0. The van der Waals surface area contributed by atoms with Crippen molar-refractivity contribution in [1.82, 2.24) is 0 Å². The van der Waals surface area contributed by atoms with Gasteiger partial charge in [-0.15, -0.1) is 11.8 Å². The summed E-state index contributed by atoms with van der Waals surface area (Å²) in [5.41, 5.74) is 2.17. The standard InChI is InChI=1S/C11H14F2S/c1-8-4-5-9(2)10(6-8)14-7-11(3,12)13/h4-6H,7H2,1-3H3. The molecule has 0 amide bonds. The molecule has 0 fully saturated rings. The molecule has 0 aromatic heterocycles. The van der Waals surface area contributed by atoms with Gasteiger partial charge in [0, 0.05) is 11.8 Å². The van der Waals surface area contributed by atoms with E-state index < -0.39 is 5.92 Å². The number of thioether (sulfide) groups is 1. The van der Waals surface area contributed by atoms with Gasteiger partial charge < -0.3 is 0 Å². The number of rotatable bonds is 3. The van der Waals surface area contributed by atoms with E-state index in [1.54, 1.807) is 0 Å². The number of hydrogen-bond acceptors (Lipinski definition) is 1. The lowest BCUT2D eigenvalue weighted by Crippen LogP contribution is -2.12. The lowest BCUT2D eigenvalue weighted by molar-refractivity contribution is 0.0492. The van der Waals surface area contributed by atoms with Gasteiger partial charge in [0.25, 0.3) is 5.92 Å². The Morgan fingerprint density at radius 3 is 2.50 bits per heavy atom. The van der Waals surface area contributed by atoms with Crippen LogP contribution < -0.4 is 0 Å². The SMILES string of the molecule is Cc1ccc(C)c(SCC(C)(F)F)c1. The molecule has 0 nitrogen and oxygen atoms in total. The van der Waals surface area contributed by atoms with E-state index in [1.807, 2.05) is 32.0 Å². The van der Waals surface area contributed by atoms with Crippen LogP contribution in [0.3, 0.4) is 0 Å². The molecule has 0 unspecified atom stereocenters. The summed E-state index contributed by atoms with van der Waals surface area (Å²) in [5, 5.41) is 0. The van der Waals surface area contributed by atoms with E-state index in [2.05, 4.69) is 0 Å². The zero-order valence-electron chi connectivity index (χ0n) is 8.60. The second-order valence-corrected chi connectivity index (χ2v) is 4.65. The molecule has 3 heteroatoms. The molecule has 0 aliphatic carbocycles. The molecular weight excluding hydrogens is 202 g/mol. The summed E-state index contributed by atoms with van der Waals surface area (Å²) in [5.74, 6) is -2.75. The number of aryl methyl sites for hydroxylation is 2. The van der Waals surface area contributed by atoms with E-state index in [-0.39, 0.29) is 5.75 Å². The number of alkyl halides is 2. The highest BCUT2D eigenvalue weighted by atomic mass is 32.2. The molecule has 0 heterocycles. The highest BCUT2D eigenvalue weighted by molar-refractivity contribution is 7.99. The fourth-order valence-corrected chi connectivity index (χ4v) is 2.04. The van der Waals surface area contributed by atoms with E-state index in [1.165, 1.54) is 11.8 Å². The molecule has 0 atom stereocenters. The van der Waals surface area contributed by atoms with Crippen molar-refractivity contribution in [2.24, 2.45) is 0 Å². The fourth-order valence-electron chi connectivity index (χ4n) is 1.07. The van der Waals surface area contributed by atoms with Crippen LogP contribution in [0, 0.1) is 13.8 Å². The van der Waals surface area contributed by atoms with E-state index in [0.29, 0.717) is 0 Å². The van der Waals surface area contributed by atoms with Crippen LogP contribution >= 0.6 is 11.8 Å². The Morgan fingerprint density at radius 2 is 1.93 bits per heavy atom. The van der Waals surface area contributed by atoms with Crippen molar-refractivity contribution in [3.8, 4) is 0 Å². The molecule has 0 aliphatic heterocycles. The summed E-state index contributed by atoms with van der Waals surface area (Å²) in [4.78, 5) is 0.950. The molecule has 0 radical (unpaired) electrons. The topological polar surface area (TPSA) is 0 Å². The summed E-state index contributed by atoms with van der Waals surface area (Å²) < 4.78 is 25.2. The lowest BCUT2D eigenvalue weighted by atomic mass is 10.2. The highest BCUT2D eigenvalue weighted by Gasteiger charge is 2.21. The van der Waals surface area contributed by atoms with Crippen molar-refractivity contribution >= 4 is 11.8 Å². The average molecular weight is 216 g/mol. The Balaban J connectivity index is 2.72. The first-order valence-electron chi connectivity index (χ1n) is 4.46. The van der Waals surface area contributed by atoms with Gasteiger partial charge >= 0.3 is 0 Å². The first kappa shape index (κ1) is 11.5. The molecule has 1 rings (SSSR count). The van der Waals surface area contributed by atoms with Crippen LogP contribution in [0.25, 0.3) is 0 Å². The van der Waals surface area contributed by atoms with E-state index in [0.717, 1.165) is 22.9 Å². The Labute approximate surface area is 87.7 Å². The molecular formula is C11H14F2S. The summed E-state index contributed by atoms with van der Waals surface area (Å²) in [6, 6.07) is 5.90. The van der Waals surface area contributed by atoms with E-state index in [9.17, 15) is 8.78 Å². The molecule has 0 bridgehead atoms. The second kappa shape index (κ2) is 4.30. The highest BCUT2D eigenvalue weighted by Crippen LogP contribution is 2.28. The Kier molecular flexibility index (Phi) is 3.53. The first-order valence-corrected chi connectivity index (χ1v) is 5.45. The quantitative estimate of drug-likeness (QED) is 0.687. The molecule has 0 saturated carbocycles. The third-order valence-corrected chi connectivity index (χ3v) is 3.23. The fraction of sp³-hybridized carbons (Fsp3) is 0.455. The van der Waals surface area contributed by atoms with Crippen molar-refractivity contribution in [1.29, 1.82) is 0 Å². The second-order valence-electron chi connectivity index (χ2n) is 3.63. The van der Waals surface area contributed by atoms with Gasteiger partial charge in [-0.25, -0.2) is 8.78 Å². The Bertz CT molecular complexity index is 316. The summed E-state index contributed by atoms with van der Waals surface area (Å²) >= 11 is 1.22. The minimum Gasteiger partial charge on any atom is -0.206 e. The minimum absolute atomic E-state index is 0.155. The van der Waals surface area contributed by atoms with E-state index in [4.69, 9.17) is 0 Å². The first-order chi connectivity index (χ1) is 6.38. The van der Waals surface area contributed by atoms with Crippen LogP contribution in [0.1, 0.15) is 18.1 Å². The molecule has 0 N–H and O–H groups in total. The van der Waals surface area contributed by atoms with Gasteiger partial charge in [-0.3, -0.25) is 0 Å². The maximum Gasteiger partial charge on any atom is 0.254 e. The van der Waals surface area contributed by atoms with Crippen molar-refractivity contribution in [2.75, 3.05) is 5.75 Å². The number of halogens is 2. The Morgan fingerprint density at radius 1 is 1.29 bits per heavy atom. The van der Waals surface area contributed by atoms with Gasteiger partial charge in [0.05, 0.1) is 5.75 Å².